The number of hydrogen-bond acceptors (Lipinski definition) is 3. The van der Waals surface area contributed by atoms with E-state index in [2.05, 4.69) is 10.2 Å². The number of amides is 1. The molecule has 2 aromatic carbocycles. The number of H-pyrrole nitrogens is 1. The number of aromatic amines is 1. The Kier molecular flexibility index (Phi) is 4.11. The average molecular weight is 377 g/mol. The first-order valence-electron chi connectivity index (χ1n) is 9.54. The topological polar surface area (TPSA) is 58.2 Å². The summed E-state index contributed by atoms with van der Waals surface area (Å²) in [5, 5.41) is 7.50. The smallest absolute Gasteiger partial charge is 0.263 e. The van der Waals surface area contributed by atoms with E-state index >= 15 is 0 Å². The van der Waals surface area contributed by atoms with Crippen molar-refractivity contribution in [3.05, 3.63) is 71.2 Å². The molecule has 0 bridgehead atoms. The van der Waals surface area contributed by atoms with E-state index in [1.165, 1.54) is 12.1 Å². The summed E-state index contributed by atoms with van der Waals surface area (Å²) >= 11 is 0. The van der Waals surface area contributed by atoms with Gasteiger partial charge in [-0.25, -0.2) is 4.39 Å². The second kappa shape index (κ2) is 6.78. The second-order valence-corrected chi connectivity index (χ2v) is 7.30. The number of nitrogens with one attached hydrogen (secondary N) is 1. The zero-order valence-electron chi connectivity index (χ0n) is 15.3. The van der Waals surface area contributed by atoms with E-state index in [1.54, 1.807) is 12.1 Å². The maximum Gasteiger partial charge on any atom is 0.263 e. The number of aromatic nitrogens is 2. The summed E-state index contributed by atoms with van der Waals surface area (Å²) in [6.07, 6.45) is 1.81. The quantitative estimate of drug-likeness (QED) is 0.744. The third kappa shape index (κ3) is 2.95. The van der Waals surface area contributed by atoms with E-state index in [4.69, 9.17) is 4.74 Å². The summed E-state index contributed by atoms with van der Waals surface area (Å²) in [7, 11) is 0. The molecule has 0 saturated heterocycles. The van der Waals surface area contributed by atoms with Gasteiger partial charge < -0.3 is 9.64 Å². The number of carbonyl (C=O) groups is 1. The molecule has 1 atom stereocenters. The molecule has 5 rings (SSSR count). The summed E-state index contributed by atoms with van der Waals surface area (Å²) in [6.45, 7) is 1.12. The summed E-state index contributed by atoms with van der Waals surface area (Å²) < 4.78 is 19.2. The van der Waals surface area contributed by atoms with Gasteiger partial charge >= 0.3 is 0 Å². The van der Waals surface area contributed by atoms with Gasteiger partial charge in [-0.05, 0) is 48.7 Å². The van der Waals surface area contributed by atoms with Crippen molar-refractivity contribution in [3.63, 3.8) is 0 Å². The Morgan fingerprint density at radius 3 is 2.82 bits per heavy atom. The summed E-state index contributed by atoms with van der Waals surface area (Å²) in [5.41, 5.74) is 4.82. The molecule has 142 valence electrons. The predicted octanol–water partition coefficient (Wildman–Crippen LogP) is 3.49. The highest BCUT2D eigenvalue weighted by Crippen LogP contribution is 2.31. The van der Waals surface area contributed by atoms with Crippen LogP contribution in [-0.2, 0) is 24.2 Å². The monoisotopic (exact) mass is 377 g/mol. The van der Waals surface area contributed by atoms with Crippen molar-refractivity contribution in [1.29, 1.82) is 0 Å². The number of aryl methyl sites for hydroxylation is 1. The van der Waals surface area contributed by atoms with Gasteiger partial charge in [0.25, 0.3) is 5.91 Å². The first kappa shape index (κ1) is 17.0. The van der Waals surface area contributed by atoms with Gasteiger partial charge in [-0.3, -0.25) is 9.89 Å². The largest absolute Gasteiger partial charge is 0.480 e. The summed E-state index contributed by atoms with van der Waals surface area (Å²) in [4.78, 5) is 15.0. The molecule has 2 aliphatic heterocycles. The zero-order valence-corrected chi connectivity index (χ0v) is 15.3. The number of rotatable bonds is 2. The second-order valence-electron chi connectivity index (χ2n) is 7.30. The molecular formula is C22H20FN3O2. The molecule has 2 aliphatic rings. The normalized spacial score (nSPS) is 18.2. The van der Waals surface area contributed by atoms with Crippen molar-refractivity contribution in [2.24, 2.45) is 0 Å². The van der Waals surface area contributed by atoms with Crippen LogP contribution < -0.4 is 4.74 Å². The number of halogens is 1. The van der Waals surface area contributed by atoms with Crippen LogP contribution in [0.15, 0.2) is 48.5 Å². The van der Waals surface area contributed by atoms with Crippen LogP contribution in [0.25, 0.3) is 11.3 Å². The minimum Gasteiger partial charge on any atom is -0.480 e. The fourth-order valence-electron chi connectivity index (χ4n) is 4.03. The maximum atomic E-state index is 13.3. The number of nitrogens with zero attached hydrogens (tertiary/aromatic N) is 2. The lowest BCUT2D eigenvalue weighted by molar-refractivity contribution is -0.140. The van der Waals surface area contributed by atoms with Gasteiger partial charge in [-0.2, -0.15) is 5.10 Å². The fourth-order valence-corrected chi connectivity index (χ4v) is 4.03. The highest BCUT2D eigenvalue weighted by Gasteiger charge is 2.33. The molecule has 1 amide bonds. The molecule has 6 heteroatoms. The van der Waals surface area contributed by atoms with E-state index in [1.807, 2.05) is 29.2 Å². The molecular weight excluding hydrogens is 357 g/mol. The van der Waals surface area contributed by atoms with Crippen LogP contribution in [-0.4, -0.2) is 33.7 Å². The number of carbonyl (C=O) groups excluding carboxylic acids is 1. The number of hydrogen-bond donors (Lipinski definition) is 1. The van der Waals surface area contributed by atoms with Crippen molar-refractivity contribution >= 4 is 5.91 Å². The Hall–Kier alpha value is -3.15. The minimum atomic E-state index is -0.447. The van der Waals surface area contributed by atoms with Gasteiger partial charge in [0.2, 0.25) is 0 Å². The Balaban J connectivity index is 1.36. The number of fused-ring (bicyclic) bond motifs is 2. The van der Waals surface area contributed by atoms with Gasteiger partial charge in [-0.15, -0.1) is 0 Å². The molecule has 3 aromatic rings. The van der Waals surface area contributed by atoms with E-state index in [0.29, 0.717) is 19.5 Å². The van der Waals surface area contributed by atoms with Crippen LogP contribution in [0.2, 0.25) is 0 Å². The molecule has 3 heterocycles. The van der Waals surface area contributed by atoms with Crippen molar-refractivity contribution in [2.75, 3.05) is 6.54 Å². The predicted molar refractivity (Wildman–Crippen MR) is 102 cm³/mol. The Morgan fingerprint density at radius 1 is 1.14 bits per heavy atom. The SMILES string of the molecule is O=C(C1CCc2ccccc2O1)N1CCc2[nH]nc(-c3ccc(F)cc3)c2C1. The lowest BCUT2D eigenvalue weighted by Crippen LogP contribution is -2.45. The third-order valence-corrected chi connectivity index (χ3v) is 5.56. The molecule has 1 aromatic heterocycles. The standard InChI is InChI=1S/C22H20FN3O2/c23-16-8-5-15(6-9-16)21-17-13-26(12-11-18(17)24-25-21)22(27)20-10-7-14-3-1-2-4-19(14)28-20/h1-6,8-9,20H,7,10-13H2,(H,24,25). The maximum absolute atomic E-state index is 13.3. The molecule has 5 nitrogen and oxygen atoms in total. The van der Waals surface area contributed by atoms with E-state index in [-0.39, 0.29) is 11.7 Å². The first-order chi connectivity index (χ1) is 13.7. The number of benzene rings is 2. The molecule has 1 unspecified atom stereocenters. The van der Waals surface area contributed by atoms with Gasteiger partial charge in [0.05, 0.1) is 5.69 Å². The van der Waals surface area contributed by atoms with Crippen molar-refractivity contribution in [3.8, 4) is 17.0 Å². The molecule has 1 N–H and O–H groups in total. The summed E-state index contributed by atoms with van der Waals surface area (Å²) in [5.74, 6) is 0.547. The number of para-hydroxylation sites is 1. The van der Waals surface area contributed by atoms with Gasteiger partial charge in [0.15, 0.2) is 6.10 Å². The van der Waals surface area contributed by atoms with Crippen LogP contribution in [0.3, 0.4) is 0 Å². The molecule has 0 fully saturated rings. The van der Waals surface area contributed by atoms with Crippen LogP contribution in [0.4, 0.5) is 4.39 Å². The molecule has 0 aliphatic carbocycles. The third-order valence-electron chi connectivity index (χ3n) is 5.56. The van der Waals surface area contributed by atoms with Crippen LogP contribution in [0.5, 0.6) is 5.75 Å². The molecule has 28 heavy (non-hydrogen) atoms. The van der Waals surface area contributed by atoms with E-state index in [0.717, 1.165) is 46.7 Å². The fraction of sp³-hybridized carbons (Fsp3) is 0.273. The molecule has 0 radical (unpaired) electrons. The lowest BCUT2D eigenvalue weighted by Gasteiger charge is -2.33. The van der Waals surface area contributed by atoms with Crippen LogP contribution in [0.1, 0.15) is 23.2 Å². The minimum absolute atomic E-state index is 0.0198. The van der Waals surface area contributed by atoms with E-state index < -0.39 is 6.10 Å². The van der Waals surface area contributed by atoms with Gasteiger partial charge in [0, 0.05) is 36.3 Å². The summed E-state index contributed by atoms with van der Waals surface area (Å²) in [6, 6.07) is 14.2. The first-order valence-corrected chi connectivity index (χ1v) is 9.54. The Labute approximate surface area is 162 Å². The zero-order chi connectivity index (χ0) is 19.1. The highest BCUT2D eigenvalue weighted by atomic mass is 19.1. The molecule has 0 spiro atoms. The van der Waals surface area contributed by atoms with Crippen molar-refractivity contribution in [1.82, 2.24) is 15.1 Å². The highest BCUT2D eigenvalue weighted by molar-refractivity contribution is 5.82. The van der Waals surface area contributed by atoms with Crippen molar-refractivity contribution in [2.45, 2.75) is 31.9 Å². The van der Waals surface area contributed by atoms with Crippen molar-refractivity contribution < 1.29 is 13.9 Å². The van der Waals surface area contributed by atoms with E-state index in [9.17, 15) is 9.18 Å². The number of ether oxygens (including phenoxy) is 1. The van der Waals surface area contributed by atoms with Crippen LogP contribution in [0, 0.1) is 5.82 Å². The lowest BCUT2D eigenvalue weighted by atomic mass is 9.98. The van der Waals surface area contributed by atoms with Gasteiger partial charge in [0.1, 0.15) is 11.6 Å². The Morgan fingerprint density at radius 2 is 1.96 bits per heavy atom. The van der Waals surface area contributed by atoms with Gasteiger partial charge in [-0.1, -0.05) is 18.2 Å². The average Bonchev–Trinajstić information content (AvgIpc) is 3.16. The van der Waals surface area contributed by atoms with Crippen LogP contribution >= 0.6 is 0 Å². The molecule has 0 saturated carbocycles. The Bertz CT molecular complexity index is 1030.